The number of pyridine rings is 1. The number of benzene rings is 1. The van der Waals surface area contributed by atoms with Crippen molar-refractivity contribution in [3.8, 4) is 5.75 Å². The zero-order valence-electron chi connectivity index (χ0n) is 17.0. The van der Waals surface area contributed by atoms with Crippen LogP contribution in [0.3, 0.4) is 0 Å². The summed E-state index contributed by atoms with van der Waals surface area (Å²) >= 11 is 1.31. The molecule has 0 aliphatic carbocycles. The van der Waals surface area contributed by atoms with Crippen LogP contribution in [0.2, 0.25) is 0 Å². The zero-order valence-corrected chi connectivity index (χ0v) is 17.8. The third-order valence-electron chi connectivity index (χ3n) is 4.74. The molecule has 0 radical (unpaired) electrons. The molecule has 1 aliphatic heterocycles. The van der Waals surface area contributed by atoms with Gasteiger partial charge in [0.1, 0.15) is 18.0 Å². The number of ether oxygens (including phenoxy) is 2. The smallest absolute Gasteiger partial charge is 0.234 e. The molecule has 1 aliphatic rings. The maximum atomic E-state index is 12.2. The minimum atomic E-state index is -0.155. The van der Waals surface area contributed by atoms with Crippen LogP contribution in [0, 0.1) is 0 Å². The van der Waals surface area contributed by atoms with E-state index in [4.69, 9.17) is 9.47 Å². The van der Waals surface area contributed by atoms with Crippen LogP contribution in [-0.4, -0.2) is 63.9 Å². The van der Waals surface area contributed by atoms with Crippen molar-refractivity contribution in [2.75, 3.05) is 43.1 Å². The van der Waals surface area contributed by atoms with Gasteiger partial charge in [0.25, 0.3) is 0 Å². The molecule has 9 heteroatoms. The van der Waals surface area contributed by atoms with E-state index in [0.717, 1.165) is 11.3 Å². The van der Waals surface area contributed by atoms with Gasteiger partial charge in [0.05, 0.1) is 30.4 Å². The van der Waals surface area contributed by atoms with Crippen molar-refractivity contribution in [2.45, 2.75) is 6.61 Å². The number of rotatable bonds is 8. The first-order valence-corrected chi connectivity index (χ1v) is 11.2. The van der Waals surface area contributed by atoms with Crippen LogP contribution in [0.15, 0.2) is 54.9 Å². The Bertz CT molecular complexity index is 1020. The van der Waals surface area contributed by atoms with Gasteiger partial charge < -0.3 is 24.1 Å². The molecular formula is C22H24N4O4S. The van der Waals surface area contributed by atoms with Crippen LogP contribution in [0.4, 0.5) is 5.69 Å². The van der Waals surface area contributed by atoms with E-state index >= 15 is 0 Å². The molecule has 0 unspecified atom stereocenters. The quantitative estimate of drug-likeness (QED) is 0.579. The Balaban J connectivity index is 1.23. The molecule has 1 N–H and O–H groups in total. The van der Waals surface area contributed by atoms with E-state index in [1.54, 1.807) is 17.0 Å². The van der Waals surface area contributed by atoms with Crippen molar-refractivity contribution in [3.63, 3.8) is 0 Å². The molecule has 0 spiro atoms. The summed E-state index contributed by atoms with van der Waals surface area (Å²) in [6.45, 7) is 2.72. The molecule has 1 aromatic carbocycles. The number of carbonyl (C=O) groups excluding carboxylic acids is 2. The van der Waals surface area contributed by atoms with Gasteiger partial charge in [0.15, 0.2) is 0 Å². The van der Waals surface area contributed by atoms with E-state index in [-0.39, 0.29) is 23.3 Å². The average molecular weight is 441 g/mol. The van der Waals surface area contributed by atoms with Crippen LogP contribution in [0.1, 0.15) is 5.69 Å². The summed E-state index contributed by atoms with van der Waals surface area (Å²) in [7, 11) is 0. The maximum absolute atomic E-state index is 12.2. The number of fused-ring (bicyclic) bond motifs is 1. The fourth-order valence-corrected chi connectivity index (χ4v) is 3.93. The molecule has 0 atom stereocenters. The first kappa shape index (κ1) is 21.2. The second kappa shape index (κ2) is 10.3. The predicted octanol–water partition coefficient (Wildman–Crippen LogP) is 2.44. The molecule has 2 aromatic heterocycles. The number of nitrogens with one attached hydrogen (secondary N) is 1. The normalized spacial score (nSPS) is 13.9. The summed E-state index contributed by atoms with van der Waals surface area (Å²) in [6.07, 6.45) is 3.87. The number of aromatic nitrogens is 2. The summed E-state index contributed by atoms with van der Waals surface area (Å²) in [4.78, 5) is 30.6. The molecule has 1 saturated heterocycles. The van der Waals surface area contributed by atoms with Crippen molar-refractivity contribution in [1.82, 2.24) is 14.3 Å². The lowest BCUT2D eigenvalue weighted by Gasteiger charge is -2.26. The molecule has 1 fully saturated rings. The zero-order chi connectivity index (χ0) is 21.5. The molecule has 31 heavy (non-hydrogen) atoms. The number of amides is 2. The second-order valence-corrected chi connectivity index (χ2v) is 8.03. The Hall–Kier alpha value is -3.04. The predicted molar refractivity (Wildman–Crippen MR) is 119 cm³/mol. The highest BCUT2D eigenvalue weighted by molar-refractivity contribution is 8.00. The van der Waals surface area contributed by atoms with Gasteiger partial charge >= 0.3 is 0 Å². The number of morpholine rings is 1. The summed E-state index contributed by atoms with van der Waals surface area (Å²) in [5, 5.41) is 2.85. The minimum absolute atomic E-state index is 0.0449. The van der Waals surface area contributed by atoms with E-state index in [9.17, 15) is 9.59 Å². The van der Waals surface area contributed by atoms with Crippen LogP contribution < -0.4 is 10.1 Å². The molecular weight excluding hydrogens is 416 g/mol. The first-order valence-electron chi connectivity index (χ1n) is 10.1. The number of hydrogen-bond acceptors (Lipinski definition) is 6. The van der Waals surface area contributed by atoms with Gasteiger partial charge in [-0.3, -0.25) is 9.59 Å². The average Bonchev–Trinajstić information content (AvgIpc) is 3.21. The standard InChI is InChI=1S/C22H24N4O4S/c27-21(15-31-16-22(28)25-8-10-29-11-9-25)24-17-4-3-5-19(12-17)30-14-18-13-26-7-2-1-6-20(26)23-18/h1-7,12-13H,8-11,14-16H2,(H,24,27). The van der Waals surface area contributed by atoms with Crippen molar-refractivity contribution in [2.24, 2.45) is 0 Å². The summed E-state index contributed by atoms with van der Waals surface area (Å²) in [5.41, 5.74) is 2.34. The molecule has 8 nitrogen and oxygen atoms in total. The molecule has 162 valence electrons. The first-order chi connectivity index (χ1) is 15.2. The number of hydrogen-bond donors (Lipinski definition) is 1. The number of thioether (sulfide) groups is 1. The number of anilines is 1. The van der Waals surface area contributed by atoms with Crippen LogP contribution in [0.5, 0.6) is 5.75 Å². The van der Waals surface area contributed by atoms with Crippen molar-refractivity contribution in [3.05, 3.63) is 60.6 Å². The molecule has 3 heterocycles. The highest BCUT2D eigenvalue weighted by Gasteiger charge is 2.17. The Morgan fingerprint density at radius 3 is 2.84 bits per heavy atom. The lowest BCUT2D eigenvalue weighted by molar-refractivity contribution is -0.132. The Morgan fingerprint density at radius 2 is 2.00 bits per heavy atom. The SMILES string of the molecule is O=C(CSCC(=O)N1CCOCC1)Nc1cccc(OCc2cn3ccccc3n2)c1. The second-order valence-electron chi connectivity index (χ2n) is 7.05. The van der Waals surface area contributed by atoms with E-state index < -0.39 is 0 Å². The van der Waals surface area contributed by atoms with E-state index in [1.165, 1.54) is 11.8 Å². The number of carbonyl (C=O) groups is 2. The van der Waals surface area contributed by atoms with Crippen LogP contribution in [-0.2, 0) is 20.9 Å². The third-order valence-corrected chi connectivity index (χ3v) is 5.66. The Kier molecular flexibility index (Phi) is 7.06. The monoisotopic (exact) mass is 440 g/mol. The number of imidazole rings is 1. The Labute approximate surface area is 184 Å². The van der Waals surface area contributed by atoms with E-state index in [2.05, 4.69) is 10.3 Å². The van der Waals surface area contributed by atoms with Gasteiger partial charge in [0, 0.05) is 37.2 Å². The lowest BCUT2D eigenvalue weighted by Crippen LogP contribution is -2.41. The van der Waals surface area contributed by atoms with E-state index in [1.807, 2.05) is 47.1 Å². The summed E-state index contributed by atoms with van der Waals surface area (Å²) < 4.78 is 13.0. The fraction of sp³-hybridized carbons (Fsp3) is 0.318. The van der Waals surface area contributed by atoms with Crippen LogP contribution >= 0.6 is 11.8 Å². The summed E-state index contributed by atoms with van der Waals surface area (Å²) in [5.74, 6) is 1.03. The lowest BCUT2D eigenvalue weighted by atomic mass is 10.3. The Morgan fingerprint density at radius 1 is 1.13 bits per heavy atom. The van der Waals surface area contributed by atoms with Gasteiger partial charge in [-0.1, -0.05) is 12.1 Å². The van der Waals surface area contributed by atoms with Gasteiger partial charge in [0.2, 0.25) is 11.8 Å². The highest BCUT2D eigenvalue weighted by atomic mass is 32.2. The molecule has 0 saturated carbocycles. The van der Waals surface area contributed by atoms with Gasteiger partial charge in [-0.2, -0.15) is 0 Å². The maximum Gasteiger partial charge on any atom is 0.234 e. The largest absolute Gasteiger partial charge is 0.487 e. The topological polar surface area (TPSA) is 85.2 Å². The van der Waals surface area contributed by atoms with Gasteiger partial charge in [-0.05, 0) is 24.3 Å². The van der Waals surface area contributed by atoms with Gasteiger partial charge in [-0.15, -0.1) is 11.8 Å². The molecule has 3 aromatic rings. The van der Waals surface area contributed by atoms with Crippen molar-refractivity contribution in [1.29, 1.82) is 0 Å². The van der Waals surface area contributed by atoms with Crippen molar-refractivity contribution >= 4 is 34.9 Å². The number of nitrogens with zero attached hydrogens (tertiary/aromatic N) is 3. The third kappa shape index (κ3) is 5.99. The molecule has 0 bridgehead atoms. The summed E-state index contributed by atoms with van der Waals surface area (Å²) in [6, 6.07) is 13.1. The van der Waals surface area contributed by atoms with Crippen LogP contribution in [0.25, 0.3) is 5.65 Å². The van der Waals surface area contributed by atoms with Crippen molar-refractivity contribution < 1.29 is 19.1 Å². The molecule has 4 rings (SSSR count). The van der Waals surface area contributed by atoms with Gasteiger partial charge in [-0.25, -0.2) is 4.98 Å². The minimum Gasteiger partial charge on any atom is -0.487 e. The molecule has 2 amide bonds. The van der Waals surface area contributed by atoms with E-state index in [0.29, 0.717) is 44.3 Å². The fourth-order valence-electron chi connectivity index (χ4n) is 3.21. The highest BCUT2D eigenvalue weighted by Crippen LogP contribution is 2.19.